The van der Waals surface area contributed by atoms with Gasteiger partial charge in [0, 0.05) is 18.7 Å². The average Bonchev–Trinajstić information content (AvgIpc) is 2.89. The highest BCUT2D eigenvalue weighted by molar-refractivity contribution is 5.74. The van der Waals surface area contributed by atoms with Crippen LogP contribution in [0.4, 0.5) is 11.4 Å². The highest BCUT2D eigenvalue weighted by atomic mass is 16.5. The molecular weight excluding hydrogens is 226 g/mol. The molecular formula is C14H17N3O. The van der Waals surface area contributed by atoms with Crippen molar-refractivity contribution in [3.63, 3.8) is 0 Å². The summed E-state index contributed by atoms with van der Waals surface area (Å²) in [4.78, 5) is 2.32. The molecule has 1 aromatic heterocycles. The lowest BCUT2D eigenvalue weighted by Crippen LogP contribution is -2.21. The van der Waals surface area contributed by atoms with Crippen LogP contribution in [0.5, 0.6) is 0 Å². The molecule has 0 amide bonds. The van der Waals surface area contributed by atoms with Crippen LogP contribution in [0.1, 0.15) is 22.6 Å². The van der Waals surface area contributed by atoms with Gasteiger partial charge in [-0.1, -0.05) is 17.3 Å². The van der Waals surface area contributed by atoms with Crippen LogP contribution in [0.25, 0.3) is 0 Å². The van der Waals surface area contributed by atoms with Crippen LogP contribution in [0, 0.1) is 13.8 Å². The number of nitrogens with zero attached hydrogens (tertiary/aromatic N) is 2. The lowest BCUT2D eigenvalue weighted by atomic mass is 10.1. The molecule has 0 aliphatic carbocycles. The fourth-order valence-corrected chi connectivity index (χ4v) is 2.64. The first kappa shape index (κ1) is 11.1. The first-order valence-corrected chi connectivity index (χ1v) is 6.21. The third-order valence-corrected chi connectivity index (χ3v) is 3.65. The predicted octanol–water partition coefficient (Wildman–Crippen LogP) is 2.44. The molecule has 2 heterocycles. The van der Waals surface area contributed by atoms with Gasteiger partial charge in [0.1, 0.15) is 5.76 Å². The Hall–Kier alpha value is -1.97. The zero-order chi connectivity index (χ0) is 12.7. The minimum atomic E-state index is 0.822. The predicted molar refractivity (Wildman–Crippen MR) is 71.6 cm³/mol. The molecule has 0 saturated carbocycles. The van der Waals surface area contributed by atoms with Crippen molar-refractivity contribution in [1.29, 1.82) is 0 Å². The molecule has 0 unspecified atom stereocenters. The number of para-hydroxylation sites is 1. The Balaban J connectivity index is 1.94. The number of aryl methyl sites for hydroxylation is 2. The van der Waals surface area contributed by atoms with E-state index in [-0.39, 0.29) is 0 Å². The van der Waals surface area contributed by atoms with Crippen LogP contribution >= 0.6 is 0 Å². The highest BCUT2D eigenvalue weighted by Gasteiger charge is 2.23. The Kier molecular flexibility index (Phi) is 2.51. The van der Waals surface area contributed by atoms with Gasteiger partial charge in [0.15, 0.2) is 0 Å². The summed E-state index contributed by atoms with van der Waals surface area (Å²) in [6, 6.07) is 6.14. The fourth-order valence-electron chi connectivity index (χ4n) is 2.64. The molecule has 0 saturated heterocycles. The summed E-state index contributed by atoms with van der Waals surface area (Å²) in [5.41, 5.74) is 11.6. The summed E-state index contributed by atoms with van der Waals surface area (Å²) in [6.45, 7) is 5.77. The molecule has 0 bridgehead atoms. The van der Waals surface area contributed by atoms with Crippen molar-refractivity contribution < 1.29 is 4.52 Å². The van der Waals surface area contributed by atoms with Crippen molar-refractivity contribution in [2.75, 3.05) is 17.2 Å². The number of hydrogen-bond donors (Lipinski definition) is 1. The molecule has 0 atom stereocenters. The second-order valence-electron chi connectivity index (χ2n) is 4.83. The maximum Gasteiger partial charge on any atom is 0.138 e. The number of nitrogen functional groups attached to an aromatic ring is 1. The van der Waals surface area contributed by atoms with E-state index in [1.165, 1.54) is 16.8 Å². The largest absolute Gasteiger partial charge is 0.397 e. The van der Waals surface area contributed by atoms with Gasteiger partial charge < -0.3 is 15.2 Å². The van der Waals surface area contributed by atoms with E-state index in [4.69, 9.17) is 10.3 Å². The van der Waals surface area contributed by atoms with Gasteiger partial charge >= 0.3 is 0 Å². The fraction of sp³-hybridized carbons (Fsp3) is 0.357. The van der Waals surface area contributed by atoms with E-state index in [0.29, 0.717) is 0 Å². The SMILES string of the molecule is Cc1noc(C)c1CN1CCc2cccc(N)c21. The van der Waals surface area contributed by atoms with Gasteiger partial charge in [-0.15, -0.1) is 0 Å². The maximum atomic E-state index is 6.09. The molecule has 94 valence electrons. The molecule has 4 nitrogen and oxygen atoms in total. The number of aromatic nitrogens is 1. The summed E-state index contributed by atoms with van der Waals surface area (Å²) in [7, 11) is 0. The molecule has 4 heteroatoms. The Morgan fingerprint density at radius 3 is 2.94 bits per heavy atom. The van der Waals surface area contributed by atoms with Crippen molar-refractivity contribution in [1.82, 2.24) is 5.16 Å². The molecule has 2 N–H and O–H groups in total. The highest BCUT2D eigenvalue weighted by Crippen LogP contribution is 2.35. The topological polar surface area (TPSA) is 55.3 Å². The molecule has 18 heavy (non-hydrogen) atoms. The second kappa shape index (κ2) is 4.05. The van der Waals surface area contributed by atoms with Gasteiger partial charge in [-0.25, -0.2) is 0 Å². The average molecular weight is 243 g/mol. The van der Waals surface area contributed by atoms with Crippen LogP contribution in [-0.2, 0) is 13.0 Å². The minimum Gasteiger partial charge on any atom is -0.397 e. The van der Waals surface area contributed by atoms with Crippen LogP contribution in [0.15, 0.2) is 22.7 Å². The zero-order valence-corrected chi connectivity index (χ0v) is 10.7. The van der Waals surface area contributed by atoms with Gasteiger partial charge in [0.25, 0.3) is 0 Å². The lowest BCUT2D eigenvalue weighted by Gasteiger charge is -2.20. The number of rotatable bonds is 2. The molecule has 2 aromatic rings. The summed E-state index contributed by atoms with van der Waals surface area (Å²) in [5.74, 6) is 0.899. The van der Waals surface area contributed by atoms with E-state index in [1.807, 2.05) is 26.0 Å². The molecule has 1 aliphatic heterocycles. The quantitative estimate of drug-likeness (QED) is 0.823. The molecule has 1 aromatic carbocycles. The molecule has 0 spiro atoms. The zero-order valence-electron chi connectivity index (χ0n) is 10.7. The Bertz CT molecular complexity index is 569. The molecule has 3 rings (SSSR count). The third kappa shape index (κ3) is 1.65. The van der Waals surface area contributed by atoms with E-state index in [2.05, 4.69) is 16.1 Å². The molecule has 1 aliphatic rings. The van der Waals surface area contributed by atoms with Crippen molar-refractivity contribution in [2.45, 2.75) is 26.8 Å². The number of nitrogens with two attached hydrogens (primary N) is 1. The number of anilines is 2. The second-order valence-corrected chi connectivity index (χ2v) is 4.83. The number of hydrogen-bond acceptors (Lipinski definition) is 4. The van der Waals surface area contributed by atoms with Crippen LogP contribution in [0.2, 0.25) is 0 Å². The lowest BCUT2D eigenvalue weighted by molar-refractivity contribution is 0.392. The summed E-state index contributed by atoms with van der Waals surface area (Å²) in [5, 5.41) is 4.00. The summed E-state index contributed by atoms with van der Waals surface area (Å²) < 4.78 is 5.22. The van der Waals surface area contributed by atoms with Gasteiger partial charge in [-0.3, -0.25) is 0 Å². The van der Waals surface area contributed by atoms with Crippen molar-refractivity contribution in [3.05, 3.63) is 40.8 Å². The summed E-state index contributed by atoms with van der Waals surface area (Å²) in [6.07, 6.45) is 1.06. The Morgan fingerprint density at radius 2 is 2.22 bits per heavy atom. The minimum absolute atomic E-state index is 0.822. The Morgan fingerprint density at radius 1 is 1.39 bits per heavy atom. The van der Waals surface area contributed by atoms with Gasteiger partial charge in [0.05, 0.1) is 17.1 Å². The van der Waals surface area contributed by atoms with Crippen LogP contribution in [-0.4, -0.2) is 11.7 Å². The van der Waals surface area contributed by atoms with E-state index in [1.54, 1.807) is 0 Å². The van der Waals surface area contributed by atoms with Crippen LogP contribution < -0.4 is 10.6 Å². The first-order chi connectivity index (χ1) is 8.66. The monoisotopic (exact) mass is 243 g/mol. The maximum absolute atomic E-state index is 6.09. The van der Waals surface area contributed by atoms with Crippen LogP contribution in [0.3, 0.4) is 0 Å². The molecule has 0 radical (unpaired) electrons. The smallest absolute Gasteiger partial charge is 0.138 e. The van der Waals surface area contributed by atoms with E-state index >= 15 is 0 Å². The van der Waals surface area contributed by atoms with Crippen molar-refractivity contribution in [3.8, 4) is 0 Å². The van der Waals surface area contributed by atoms with Gasteiger partial charge in [-0.05, 0) is 31.9 Å². The number of benzene rings is 1. The third-order valence-electron chi connectivity index (χ3n) is 3.65. The van der Waals surface area contributed by atoms with E-state index in [0.717, 1.165) is 36.7 Å². The van der Waals surface area contributed by atoms with E-state index < -0.39 is 0 Å². The Labute approximate surface area is 106 Å². The normalized spacial score (nSPS) is 14.0. The molecule has 0 fully saturated rings. The first-order valence-electron chi connectivity index (χ1n) is 6.21. The summed E-state index contributed by atoms with van der Waals surface area (Å²) >= 11 is 0. The van der Waals surface area contributed by atoms with Crippen molar-refractivity contribution >= 4 is 11.4 Å². The van der Waals surface area contributed by atoms with Gasteiger partial charge in [-0.2, -0.15) is 0 Å². The van der Waals surface area contributed by atoms with E-state index in [9.17, 15) is 0 Å². The van der Waals surface area contributed by atoms with Crippen molar-refractivity contribution in [2.24, 2.45) is 0 Å². The number of fused-ring (bicyclic) bond motifs is 1. The van der Waals surface area contributed by atoms with Gasteiger partial charge in [0.2, 0.25) is 0 Å². The standard InChI is InChI=1S/C14H17N3O/c1-9-12(10(2)18-16-9)8-17-7-6-11-4-3-5-13(15)14(11)17/h3-5H,6-8,15H2,1-2H3.